The molecule has 1 amide bonds. The number of amides is 1. The van der Waals surface area contributed by atoms with Gasteiger partial charge >= 0.3 is 17.3 Å². The molecule has 21 nitrogen and oxygen atoms in total. The maximum absolute atomic E-state index is 12.2. The monoisotopic (exact) mass is 929 g/mol. The van der Waals surface area contributed by atoms with E-state index in [-0.39, 0.29) is 38.4 Å². The number of aryl methyl sites for hydroxylation is 2. The van der Waals surface area contributed by atoms with Gasteiger partial charge in [-0.2, -0.15) is 0 Å². The first-order valence-electron chi connectivity index (χ1n) is 22.4. The van der Waals surface area contributed by atoms with Gasteiger partial charge in [-0.15, -0.1) is 0 Å². The minimum atomic E-state index is -0.782. The van der Waals surface area contributed by atoms with Crippen LogP contribution in [0.3, 0.4) is 0 Å². The van der Waals surface area contributed by atoms with Gasteiger partial charge < -0.3 is 24.6 Å². The molecule has 2 aliphatic heterocycles. The van der Waals surface area contributed by atoms with Crippen molar-refractivity contribution in [3.8, 4) is 0 Å². The highest BCUT2D eigenvalue weighted by Gasteiger charge is 2.37. The number of aromatic amines is 2. The Bertz CT molecular complexity index is 2420. The van der Waals surface area contributed by atoms with E-state index in [1.165, 1.54) is 21.5 Å². The molecule has 0 spiro atoms. The summed E-state index contributed by atoms with van der Waals surface area (Å²) in [6.07, 6.45) is 33.3. The molecule has 4 rings (SSSR count). The molecule has 2 aromatic heterocycles. The number of hydrogen-bond acceptors (Lipinski definition) is 12. The normalized spacial score (nSPS) is 20.5. The third kappa shape index (κ3) is 20.1. The van der Waals surface area contributed by atoms with Crippen LogP contribution in [0.25, 0.3) is 20.9 Å². The van der Waals surface area contributed by atoms with Crippen LogP contribution in [0.2, 0.25) is 0 Å². The molecule has 4 N–H and O–H groups in total. The van der Waals surface area contributed by atoms with Gasteiger partial charge in [0.15, 0.2) is 0 Å². The molecular weight excluding hydrogens is 867 g/mol. The minimum absolute atomic E-state index is 0.0850. The lowest BCUT2D eigenvalue weighted by Gasteiger charge is -2.17. The second kappa shape index (κ2) is 31.2. The zero-order valence-corrected chi connectivity index (χ0v) is 38.4. The van der Waals surface area contributed by atoms with Crippen molar-refractivity contribution in [1.29, 1.82) is 0 Å². The lowest BCUT2D eigenvalue weighted by Crippen LogP contribution is -2.33. The number of carbonyl (C=O) groups excluding carboxylic acids is 2. The van der Waals surface area contributed by atoms with E-state index in [2.05, 4.69) is 103 Å². The van der Waals surface area contributed by atoms with Crippen molar-refractivity contribution in [2.24, 2.45) is 10.2 Å². The predicted octanol–water partition coefficient (Wildman–Crippen LogP) is 6.53. The Balaban J connectivity index is 0.000000517. The highest BCUT2D eigenvalue weighted by molar-refractivity contribution is 5.76. The van der Waals surface area contributed by atoms with Gasteiger partial charge in [-0.3, -0.25) is 38.3 Å². The molecule has 0 saturated carbocycles. The lowest BCUT2D eigenvalue weighted by molar-refractivity contribution is -0.148. The molecule has 0 bridgehead atoms. The highest BCUT2D eigenvalue weighted by atomic mass is 16.6. The predicted molar refractivity (Wildman–Crippen MR) is 253 cm³/mol. The molecule has 2 aliphatic rings. The number of rotatable bonds is 25. The van der Waals surface area contributed by atoms with Crippen LogP contribution in [0.1, 0.15) is 108 Å². The van der Waals surface area contributed by atoms with Gasteiger partial charge in [0.05, 0.1) is 24.8 Å². The van der Waals surface area contributed by atoms with Crippen molar-refractivity contribution in [2.45, 2.75) is 135 Å². The molecular formula is C46H63N11O10. The van der Waals surface area contributed by atoms with Crippen LogP contribution >= 0.6 is 0 Å². The quantitative estimate of drug-likeness (QED) is 0.0208. The topological polar surface area (TPSA) is 301 Å². The zero-order valence-electron chi connectivity index (χ0n) is 38.4. The lowest BCUT2D eigenvalue weighted by atomic mass is 10.1. The van der Waals surface area contributed by atoms with Crippen LogP contribution in [0.4, 0.5) is 0 Å². The second-order valence-corrected chi connectivity index (χ2v) is 15.5. The molecule has 6 atom stereocenters. The summed E-state index contributed by atoms with van der Waals surface area (Å²) in [5.74, 6) is -0.566. The number of aromatic nitrogens is 4. The molecule has 4 heterocycles. The van der Waals surface area contributed by atoms with E-state index in [4.69, 9.17) is 30.4 Å². The average Bonchev–Trinajstić information content (AvgIpc) is 3.91. The number of carbonyl (C=O) groups is 2. The SMILES string of the molecule is CC/C=C\C/C=C\C/C=C\C/C=C\C/C=C\C/C=C\CCC(=O)NCCCC(=O)OC[C@H]1OC(n2cc(C)c(=O)[nH]c2=O)C[C@@H]1N=[N+]=[N-].Cc1cn(C2C[C@H](N=[N+]=[N-])[C@@H](CO)O2)c(=O)[nH]c1=O. The largest absolute Gasteiger partial charge is 0.463 e. The van der Waals surface area contributed by atoms with Crippen molar-refractivity contribution in [2.75, 3.05) is 19.8 Å². The summed E-state index contributed by atoms with van der Waals surface area (Å²) >= 11 is 0. The Hall–Kier alpha value is -6.76. The third-order valence-electron chi connectivity index (χ3n) is 10.3. The second-order valence-electron chi connectivity index (χ2n) is 15.5. The number of azide groups is 2. The molecule has 2 unspecified atom stereocenters. The van der Waals surface area contributed by atoms with Crippen molar-refractivity contribution in [3.05, 3.63) is 159 Å². The Morgan fingerprint density at radius 2 is 1.19 bits per heavy atom. The number of H-pyrrole nitrogens is 2. The maximum Gasteiger partial charge on any atom is 0.330 e. The van der Waals surface area contributed by atoms with Crippen molar-refractivity contribution < 1.29 is 28.9 Å². The minimum Gasteiger partial charge on any atom is -0.463 e. The van der Waals surface area contributed by atoms with Crippen LogP contribution in [-0.4, -0.2) is 80.1 Å². The molecule has 0 aromatic carbocycles. The molecule has 362 valence electrons. The summed E-state index contributed by atoms with van der Waals surface area (Å²) in [7, 11) is 0. The summed E-state index contributed by atoms with van der Waals surface area (Å²) < 4.78 is 19.1. The standard InChI is InChI=1S/C36H50N6O6.C10H13N5O4/c1-3-4-5-6-7-8-9-10-11-12-13-14-15-16-17-18-19-20-21-23-32(43)38-25-22-24-34(44)47-28-31-30(40-41-37)26-33(48-31)42-27-29(2)35(45)39-36(42)46;1-5-3-15(10(18)12-9(5)17)8-2-6(13-14-11)7(4-16)19-8/h4-5,7-8,10-11,13-14,16-17,19-20,27,30-31,33H,3,6,9,12,15,18,21-26,28H2,1-2H3,(H,38,43)(H,39,45,46);3,6-8,16H,2,4H2,1H3,(H,12,17,18)/b5-4-,8-7-,11-10-,14-13-,17-16-,20-19-;/t30-,31+,33?;6-,7+,8?/m00/s1. The summed E-state index contributed by atoms with van der Waals surface area (Å²) in [6.45, 7) is 5.14. The Kier molecular flexibility index (Phi) is 25.4. The van der Waals surface area contributed by atoms with Crippen LogP contribution < -0.4 is 27.8 Å². The van der Waals surface area contributed by atoms with Crippen molar-refractivity contribution >= 4 is 11.9 Å². The first-order chi connectivity index (χ1) is 32.4. The summed E-state index contributed by atoms with van der Waals surface area (Å²) in [4.78, 5) is 81.1. The number of allylic oxidation sites excluding steroid dienone is 12. The van der Waals surface area contributed by atoms with Gasteiger partial charge in [0.1, 0.15) is 25.2 Å². The number of hydrogen-bond donors (Lipinski definition) is 4. The summed E-state index contributed by atoms with van der Waals surface area (Å²) in [6, 6.07) is -1.20. The number of esters is 1. The number of nitrogens with zero attached hydrogens (tertiary/aromatic N) is 8. The Labute approximate surface area is 387 Å². The molecule has 2 fully saturated rings. The first-order valence-corrected chi connectivity index (χ1v) is 22.4. The fraction of sp³-hybridized carbons (Fsp3) is 0.522. The van der Waals surface area contributed by atoms with Crippen molar-refractivity contribution in [1.82, 2.24) is 24.4 Å². The van der Waals surface area contributed by atoms with Gasteiger partial charge in [-0.25, -0.2) is 9.59 Å². The number of ether oxygens (including phenoxy) is 3. The molecule has 2 saturated heterocycles. The fourth-order valence-corrected chi connectivity index (χ4v) is 6.71. The van der Waals surface area contributed by atoms with E-state index in [1.54, 1.807) is 13.8 Å². The number of aliphatic hydroxyl groups excluding tert-OH is 1. The van der Waals surface area contributed by atoms with Crippen LogP contribution in [0.5, 0.6) is 0 Å². The van der Waals surface area contributed by atoms with E-state index < -0.39 is 65.2 Å². The Morgan fingerprint density at radius 3 is 1.66 bits per heavy atom. The fourth-order valence-electron chi connectivity index (χ4n) is 6.71. The zero-order chi connectivity index (χ0) is 48.8. The van der Waals surface area contributed by atoms with Gasteiger partial charge in [0.25, 0.3) is 11.1 Å². The average molecular weight is 930 g/mol. The first kappa shape index (κ1) is 54.6. The van der Waals surface area contributed by atoms with Gasteiger partial charge in [0, 0.05) is 65.6 Å². The molecule has 67 heavy (non-hydrogen) atoms. The van der Waals surface area contributed by atoms with Gasteiger partial charge in [0.2, 0.25) is 5.91 Å². The summed E-state index contributed by atoms with van der Waals surface area (Å²) in [5.41, 5.74) is 15.9. The van der Waals surface area contributed by atoms with E-state index in [9.17, 15) is 28.8 Å². The van der Waals surface area contributed by atoms with E-state index in [0.717, 1.165) is 38.5 Å². The molecule has 2 aromatic rings. The van der Waals surface area contributed by atoms with Crippen LogP contribution in [-0.2, 0) is 23.8 Å². The maximum atomic E-state index is 12.2. The van der Waals surface area contributed by atoms with Crippen molar-refractivity contribution in [3.63, 3.8) is 0 Å². The highest BCUT2D eigenvalue weighted by Crippen LogP contribution is 2.31. The van der Waals surface area contributed by atoms with E-state index in [0.29, 0.717) is 36.9 Å². The third-order valence-corrected chi connectivity index (χ3v) is 10.3. The molecule has 21 heteroatoms. The van der Waals surface area contributed by atoms with E-state index in [1.807, 2.05) is 12.2 Å². The van der Waals surface area contributed by atoms with Crippen LogP contribution in [0.15, 0.2) is 115 Å². The Morgan fingerprint density at radius 1 is 0.746 bits per heavy atom. The number of nitrogens with one attached hydrogen (secondary N) is 3. The molecule has 0 aliphatic carbocycles. The molecule has 0 radical (unpaired) electrons. The van der Waals surface area contributed by atoms with Gasteiger partial charge in [-0.1, -0.05) is 90.1 Å². The van der Waals surface area contributed by atoms with Crippen LogP contribution in [0, 0.1) is 13.8 Å². The van der Waals surface area contributed by atoms with E-state index >= 15 is 0 Å². The van der Waals surface area contributed by atoms with Gasteiger partial charge in [-0.05, 0) is 76.3 Å². The number of aliphatic hydroxyl groups is 1. The summed E-state index contributed by atoms with van der Waals surface area (Å²) in [5, 5.41) is 19.2. The smallest absolute Gasteiger partial charge is 0.330 e.